The highest BCUT2D eigenvalue weighted by Gasteiger charge is 2.14. The number of carbonyl (C=O) groups is 2. The van der Waals surface area contributed by atoms with Crippen molar-refractivity contribution in [2.45, 2.75) is 58.8 Å². The van der Waals surface area contributed by atoms with E-state index in [-0.39, 0.29) is 11.9 Å². The molecule has 0 saturated carbocycles. The van der Waals surface area contributed by atoms with Gasteiger partial charge in [0, 0.05) is 30.9 Å². The van der Waals surface area contributed by atoms with Gasteiger partial charge in [-0.2, -0.15) is 0 Å². The second kappa shape index (κ2) is 11.4. The molecule has 5 heteroatoms. The standard InChI is InChI=1S/C22H33N3O2/c1-3-16-25(17-4-2)21(26)19-10-12-20(13-11-19)24-22(27)23-15-14-18-8-6-5-7-9-18/h8,10-13H,3-7,9,14-17H2,1-2H3,(H2,23,24,27). The first kappa shape index (κ1) is 21.0. The van der Waals surface area contributed by atoms with Crippen LogP contribution in [0.4, 0.5) is 10.5 Å². The smallest absolute Gasteiger partial charge is 0.319 e. The third-order valence-corrected chi connectivity index (χ3v) is 4.78. The molecule has 0 unspecified atom stereocenters. The van der Waals surface area contributed by atoms with Gasteiger partial charge in [-0.3, -0.25) is 4.79 Å². The zero-order chi connectivity index (χ0) is 19.5. The predicted molar refractivity (Wildman–Crippen MR) is 111 cm³/mol. The first-order chi connectivity index (χ1) is 13.1. The molecule has 0 radical (unpaired) electrons. The molecule has 2 N–H and O–H groups in total. The minimum atomic E-state index is -0.205. The summed E-state index contributed by atoms with van der Waals surface area (Å²) < 4.78 is 0. The SMILES string of the molecule is CCCN(CCC)C(=O)c1ccc(NC(=O)NCCC2=CCCCC2)cc1. The number of urea groups is 1. The summed E-state index contributed by atoms with van der Waals surface area (Å²) in [7, 11) is 0. The number of hydrogen-bond acceptors (Lipinski definition) is 2. The lowest BCUT2D eigenvalue weighted by Crippen LogP contribution is -2.32. The van der Waals surface area contributed by atoms with Crippen molar-refractivity contribution < 1.29 is 9.59 Å². The fourth-order valence-electron chi connectivity index (χ4n) is 3.38. The van der Waals surface area contributed by atoms with Crippen molar-refractivity contribution in [3.63, 3.8) is 0 Å². The van der Waals surface area contributed by atoms with Gasteiger partial charge in [0.1, 0.15) is 0 Å². The summed E-state index contributed by atoms with van der Waals surface area (Å²) in [5, 5.41) is 5.73. The minimum absolute atomic E-state index is 0.0514. The van der Waals surface area contributed by atoms with Crippen molar-refractivity contribution in [2.24, 2.45) is 0 Å². The van der Waals surface area contributed by atoms with Gasteiger partial charge >= 0.3 is 6.03 Å². The van der Waals surface area contributed by atoms with Crippen LogP contribution in [0.2, 0.25) is 0 Å². The number of amides is 3. The van der Waals surface area contributed by atoms with Crippen molar-refractivity contribution in [3.8, 4) is 0 Å². The third kappa shape index (κ3) is 7.08. The Morgan fingerprint density at radius 1 is 1.04 bits per heavy atom. The number of anilines is 1. The summed E-state index contributed by atoms with van der Waals surface area (Å²) in [6, 6.07) is 6.93. The van der Waals surface area contributed by atoms with Crippen LogP contribution in [-0.4, -0.2) is 36.5 Å². The maximum absolute atomic E-state index is 12.6. The molecule has 1 aromatic rings. The summed E-state index contributed by atoms with van der Waals surface area (Å²) in [6.45, 7) is 6.34. The monoisotopic (exact) mass is 371 g/mol. The molecule has 0 bridgehead atoms. The average Bonchev–Trinajstić information content (AvgIpc) is 2.69. The lowest BCUT2D eigenvalue weighted by atomic mass is 9.97. The molecule has 0 aromatic heterocycles. The van der Waals surface area contributed by atoms with E-state index in [1.807, 2.05) is 4.90 Å². The van der Waals surface area contributed by atoms with Crippen molar-refractivity contribution in [2.75, 3.05) is 25.0 Å². The first-order valence-electron chi connectivity index (χ1n) is 10.3. The highest BCUT2D eigenvalue weighted by molar-refractivity contribution is 5.95. The molecule has 3 amide bonds. The Labute approximate surface area is 163 Å². The lowest BCUT2D eigenvalue weighted by molar-refractivity contribution is 0.0755. The highest BCUT2D eigenvalue weighted by atomic mass is 16.2. The molecule has 0 fully saturated rings. The van der Waals surface area contributed by atoms with Gasteiger partial charge < -0.3 is 15.5 Å². The molecule has 0 heterocycles. The van der Waals surface area contributed by atoms with Crippen LogP contribution in [0.1, 0.15) is 69.2 Å². The maximum atomic E-state index is 12.6. The summed E-state index contributed by atoms with van der Waals surface area (Å²) in [5.41, 5.74) is 2.80. The Kier molecular flexibility index (Phi) is 8.89. The van der Waals surface area contributed by atoms with Gasteiger partial charge in [0.25, 0.3) is 5.91 Å². The molecule has 5 nitrogen and oxygen atoms in total. The Morgan fingerprint density at radius 3 is 2.33 bits per heavy atom. The number of benzene rings is 1. The summed E-state index contributed by atoms with van der Waals surface area (Å²) in [5.74, 6) is 0.0514. The Bertz CT molecular complexity index is 631. The third-order valence-electron chi connectivity index (χ3n) is 4.78. The maximum Gasteiger partial charge on any atom is 0.319 e. The molecule has 0 aliphatic heterocycles. The molecule has 0 saturated heterocycles. The summed E-state index contributed by atoms with van der Waals surface area (Å²) >= 11 is 0. The lowest BCUT2D eigenvalue weighted by Gasteiger charge is -2.21. The second-order valence-corrected chi connectivity index (χ2v) is 7.11. The van der Waals surface area contributed by atoms with Crippen LogP contribution in [0.5, 0.6) is 0 Å². The number of nitrogens with zero attached hydrogens (tertiary/aromatic N) is 1. The van der Waals surface area contributed by atoms with E-state index >= 15 is 0 Å². The number of hydrogen-bond donors (Lipinski definition) is 2. The van der Waals surface area contributed by atoms with Crippen LogP contribution in [0, 0.1) is 0 Å². The van der Waals surface area contributed by atoms with Crippen LogP contribution >= 0.6 is 0 Å². The van der Waals surface area contributed by atoms with Gasteiger partial charge in [0.15, 0.2) is 0 Å². The van der Waals surface area contributed by atoms with Gasteiger partial charge in [0.2, 0.25) is 0 Å². The molecular formula is C22H33N3O2. The van der Waals surface area contributed by atoms with E-state index in [0.29, 0.717) is 17.8 Å². The van der Waals surface area contributed by atoms with Crippen molar-refractivity contribution in [3.05, 3.63) is 41.5 Å². The van der Waals surface area contributed by atoms with Gasteiger partial charge in [-0.15, -0.1) is 0 Å². The predicted octanol–water partition coefficient (Wildman–Crippen LogP) is 4.96. The van der Waals surface area contributed by atoms with E-state index in [0.717, 1.165) is 38.8 Å². The highest BCUT2D eigenvalue weighted by Crippen LogP contribution is 2.19. The van der Waals surface area contributed by atoms with E-state index in [1.165, 1.54) is 24.8 Å². The largest absolute Gasteiger partial charge is 0.339 e. The van der Waals surface area contributed by atoms with E-state index in [4.69, 9.17) is 0 Å². The zero-order valence-electron chi connectivity index (χ0n) is 16.7. The van der Waals surface area contributed by atoms with E-state index < -0.39 is 0 Å². The topological polar surface area (TPSA) is 61.4 Å². The summed E-state index contributed by atoms with van der Waals surface area (Å²) in [4.78, 5) is 26.5. The van der Waals surface area contributed by atoms with Crippen molar-refractivity contribution in [1.29, 1.82) is 0 Å². The van der Waals surface area contributed by atoms with Crippen LogP contribution in [-0.2, 0) is 0 Å². The first-order valence-corrected chi connectivity index (χ1v) is 10.3. The molecule has 0 atom stereocenters. The molecular weight excluding hydrogens is 338 g/mol. The number of nitrogens with one attached hydrogen (secondary N) is 2. The van der Waals surface area contributed by atoms with Crippen LogP contribution in [0.15, 0.2) is 35.9 Å². The number of rotatable bonds is 9. The fraction of sp³-hybridized carbons (Fsp3) is 0.545. The van der Waals surface area contributed by atoms with Crippen LogP contribution in [0.3, 0.4) is 0 Å². The summed E-state index contributed by atoms with van der Waals surface area (Å²) in [6.07, 6.45) is 9.99. The molecule has 1 aliphatic rings. The van der Waals surface area contributed by atoms with Gasteiger partial charge in [-0.1, -0.05) is 25.5 Å². The second-order valence-electron chi connectivity index (χ2n) is 7.11. The molecule has 1 aliphatic carbocycles. The molecule has 1 aromatic carbocycles. The fourth-order valence-corrected chi connectivity index (χ4v) is 3.38. The van der Waals surface area contributed by atoms with Crippen LogP contribution < -0.4 is 10.6 Å². The van der Waals surface area contributed by atoms with Gasteiger partial charge in [0.05, 0.1) is 0 Å². The minimum Gasteiger partial charge on any atom is -0.339 e. The van der Waals surface area contributed by atoms with Crippen molar-refractivity contribution in [1.82, 2.24) is 10.2 Å². The zero-order valence-corrected chi connectivity index (χ0v) is 16.7. The molecule has 27 heavy (non-hydrogen) atoms. The molecule has 2 rings (SSSR count). The van der Waals surface area contributed by atoms with Crippen molar-refractivity contribution >= 4 is 17.6 Å². The number of allylic oxidation sites excluding steroid dienone is 1. The van der Waals surface area contributed by atoms with E-state index in [2.05, 4.69) is 30.6 Å². The normalized spacial score (nSPS) is 13.6. The van der Waals surface area contributed by atoms with E-state index in [9.17, 15) is 9.59 Å². The Hall–Kier alpha value is -2.30. The van der Waals surface area contributed by atoms with Crippen LogP contribution in [0.25, 0.3) is 0 Å². The van der Waals surface area contributed by atoms with Gasteiger partial charge in [-0.25, -0.2) is 4.79 Å². The van der Waals surface area contributed by atoms with E-state index in [1.54, 1.807) is 24.3 Å². The molecule has 0 spiro atoms. The molecule has 148 valence electrons. The quantitative estimate of drug-likeness (QED) is 0.603. The number of carbonyl (C=O) groups excluding carboxylic acids is 2. The Morgan fingerprint density at radius 2 is 1.74 bits per heavy atom. The van der Waals surface area contributed by atoms with Gasteiger partial charge in [-0.05, 0) is 69.2 Å². The Balaban J connectivity index is 1.80. The average molecular weight is 372 g/mol.